The summed E-state index contributed by atoms with van der Waals surface area (Å²) in [4.78, 5) is 25.1. The lowest BCUT2D eigenvalue weighted by molar-refractivity contribution is -0.155. The van der Waals surface area contributed by atoms with Crippen LogP contribution in [0.15, 0.2) is 42.5 Å². The van der Waals surface area contributed by atoms with Gasteiger partial charge in [0.15, 0.2) is 12.2 Å². The van der Waals surface area contributed by atoms with E-state index in [-0.39, 0.29) is 38.4 Å². The Kier molecular flexibility index (Phi) is 16.0. The maximum atomic E-state index is 12.6. The van der Waals surface area contributed by atoms with Crippen molar-refractivity contribution in [1.29, 1.82) is 0 Å². The van der Waals surface area contributed by atoms with Crippen LogP contribution in [0.1, 0.15) is 84.6 Å². The van der Waals surface area contributed by atoms with Gasteiger partial charge in [-0.2, -0.15) is 0 Å². The summed E-state index contributed by atoms with van der Waals surface area (Å²) in [7, 11) is 0. The molecule has 8 heteroatoms. The van der Waals surface area contributed by atoms with Crippen LogP contribution < -0.4 is 9.47 Å². The van der Waals surface area contributed by atoms with Crippen molar-refractivity contribution in [3.63, 3.8) is 0 Å². The fourth-order valence-electron chi connectivity index (χ4n) is 5.14. The van der Waals surface area contributed by atoms with Crippen LogP contribution in [-0.2, 0) is 28.5 Å². The van der Waals surface area contributed by atoms with Crippen molar-refractivity contribution in [2.45, 2.75) is 98.2 Å². The summed E-state index contributed by atoms with van der Waals surface area (Å²) in [6.07, 6.45) is 5.33. The second-order valence-electron chi connectivity index (χ2n) is 11.3. The van der Waals surface area contributed by atoms with Gasteiger partial charge in [-0.15, -0.1) is 0 Å². The monoisotopic (exact) mass is 624 g/mol. The molecule has 0 saturated heterocycles. The van der Waals surface area contributed by atoms with E-state index in [1.807, 2.05) is 57.2 Å². The van der Waals surface area contributed by atoms with Crippen LogP contribution in [0.4, 0.5) is 0 Å². The number of rotatable bonds is 22. The van der Waals surface area contributed by atoms with E-state index in [0.29, 0.717) is 37.6 Å². The summed E-state index contributed by atoms with van der Waals surface area (Å²) in [6, 6.07) is 14.1. The number of aryl methyl sites for hydroxylation is 1. The molecule has 0 saturated carbocycles. The highest BCUT2D eigenvalue weighted by molar-refractivity contribution is 6.11. The number of unbranched alkanes of at least 4 members (excludes halogenated alkanes) is 4. The van der Waals surface area contributed by atoms with Crippen LogP contribution in [0.2, 0.25) is 0 Å². The van der Waals surface area contributed by atoms with E-state index < -0.39 is 12.2 Å². The van der Waals surface area contributed by atoms with Gasteiger partial charge in [0, 0.05) is 47.6 Å². The Bertz CT molecular complexity index is 1340. The molecule has 0 N–H and O–H groups in total. The van der Waals surface area contributed by atoms with Gasteiger partial charge in [-0.3, -0.25) is 9.59 Å². The van der Waals surface area contributed by atoms with Gasteiger partial charge in [0.05, 0.1) is 13.2 Å². The minimum atomic E-state index is -0.542. The largest absolute Gasteiger partial charge is 0.488 e. The van der Waals surface area contributed by atoms with Crippen LogP contribution in [0.5, 0.6) is 11.5 Å². The average Bonchev–Trinajstić information content (AvgIpc) is 3.03. The zero-order chi connectivity index (χ0) is 32.4. The fourth-order valence-corrected chi connectivity index (χ4v) is 5.14. The fraction of sp³-hybridized carbons (Fsp3) is 0.568. The van der Waals surface area contributed by atoms with Gasteiger partial charge in [0.2, 0.25) is 0 Å². The highest BCUT2D eigenvalue weighted by atomic mass is 16.6. The second kappa shape index (κ2) is 19.9. The lowest BCUT2D eigenvalue weighted by Gasteiger charge is -2.23. The quantitative estimate of drug-likeness (QED) is 0.0629. The number of carbonyl (C=O) groups excluding carboxylic acids is 2. The summed E-state index contributed by atoms with van der Waals surface area (Å²) in [5, 5.41) is 3.49. The molecular weight excluding hydrogens is 572 g/mol. The van der Waals surface area contributed by atoms with Crippen molar-refractivity contribution in [2.75, 3.05) is 39.6 Å². The van der Waals surface area contributed by atoms with E-state index >= 15 is 0 Å². The number of benzene rings is 3. The first-order valence-corrected chi connectivity index (χ1v) is 16.7. The molecular formula is C37H52O8. The Morgan fingerprint density at radius 3 is 1.53 bits per heavy atom. The highest BCUT2D eigenvalue weighted by Crippen LogP contribution is 2.43. The SMILES string of the molecule is CCCCCC(=O)OC(COCC)COc1c2ccccc2c(OCC(COCC)OC(=O)CCCCC)c2cc(C)ccc12. The standard InChI is InChI=1S/C37H52O8/c1-6-10-12-18-34(38)44-28(23-40-8-3)25-42-36-30-16-14-15-17-31(30)37(33-22-27(5)20-21-32(33)36)43-26-29(24-41-9-4)45-35(39)19-13-11-7-2/h14-17,20-22,28-29H,6-13,18-19,23-26H2,1-5H3. The van der Waals surface area contributed by atoms with E-state index in [4.69, 9.17) is 28.4 Å². The molecule has 0 bridgehead atoms. The zero-order valence-corrected chi connectivity index (χ0v) is 27.9. The van der Waals surface area contributed by atoms with Gasteiger partial charge in [-0.1, -0.05) is 81.5 Å². The summed E-state index contributed by atoms with van der Waals surface area (Å²) in [6.45, 7) is 11.9. The van der Waals surface area contributed by atoms with Crippen LogP contribution in [0, 0.1) is 6.92 Å². The van der Waals surface area contributed by atoms with E-state index in [9.17, 15) is 9.59 Å². The van der Waals surface area contributed by atoms with E-state index in [2.05, 4.69) is 19.9 Å². The van der Waals surface area contributed by atoms with Crippen molar-refractivity contribution in [3.05, 3.63) is 48.0 Å². The summed E-state index contributed by atoms with van der Waals surface area (Å²) in [5.74, 6) is 0.898. The maximum Gasteiger partial charge on any atom is 0.306 e. The molecule has 45 heavy (non-hydrogen) atoms. The van der Waals surface area contributed by atoms with Crippen LogP contribution >= 0.6 is 0 Å². The van der Waals surface area contributed by atoms with Gasteiger partial charge >= 0.3 is 11.9 Å². The predicted octanol–water partition coefficient (Wildman–Crippen LogP) is 8.12. The van der Waals surface area contributed by atoms with Crippen LogP contribution in [-0.4, -0.2) is 63.8 Å². The molecule has 2 unspecified atom stereocenters. The predicted molar refractivity (Wildman–Crippen MR) is 178 cm³/mol. The van der Waals surface area contributed by atoms with Gasteiger partial charge in [-0.25, -0.2) is 0 Å². The maximum absolute atomic E-state index is 12.6. The first-order valence-electron chi connectivity index (χ1n) is 16.7. The Hall–Kier alpha value is -3.36. The lowest BCUT2D eigenvalue weighted by atomic mass is 9.99. The molecule has 2 atom stereocenters. The minimum Gasteiger partial charge on any atom is -0.488 e. The second-order valence-corrected chi connectivity index (χ2v) is 11.3. The molecule has 248 valence electrons. The van der Waals surface area contributed by atoms with Crippen molar-refractivity contribution in [1.82, 2.24) is 0 Å². The molecule has 3 rings (SSSR count). The molecule has 0 radical (unpaired) electrons. The smallest absolute Gasteiger partial charge is 0.306 e. The Labute approximate surface area is 268 Å². The third-order valence-electron chi connectivity index (χ3n) is 7.49. The topological polar surface area (TPSA) is 89.5 Å². The van der Waals surface area contributed by atoms with Crippen molar-refractivity contribution in [3.8, 4) is 11.5 Å². The molecule has 0 aliphatic carbocycles. The number of hydrogen-bond donors (Lipinski definition) is 0. The van der Waals surface area contributed by atoms with Crippen molar-refractivity contribution < 1.29 is 38.0 Å². The van der Waals surface area contributed by atoms with E-state index in [1.165, 1.54) is 0 Å². The Morgan fingerprint density at radius 2 is 1.07 bits per heavy atom. The van der Waals surface area contributed by atoms with E-state index in [0.717, 1.165) is 65.6 Å². The molecule has 0 fully saturated rings. The van der Waals surface area contributed by atoms with Crippen molar-refractivity contribution in [2.24, 2.45) is 0 Å². The number of ether oxygens (including phenoxy) is 6. The van der Waals surface area contributed by atoms with Crippen LogP contribution in [0.3, 0.4) is 0 Å². The number of esters is 2. The zero-order valence-electron chi connectivity index (χ0n) is 27.9. The minimum absolute atomic E-state index is 0.150. The molecule has 3 aromatic carbocycles. The molecule has 0 amide bonds. The summed E-state index contributed by atoms with van der Waals surface area (Å²) < 4.78 is 35.8. The number of carbonyl (C=O) groups is 2. The van der Waals surface area contributed by atoms with E-state index in [1.54, 1.807) is 0 Å². The summed E-state index contributed by atoms with van der Waals surface area (Å²) >= 11 is 0. The molecule has 0 heterocycles. The highest BCUT2D eigenvalue weighted by Gasteiger charge is 2.22. The molecule has 0 aliphatic rings. The number of hydrogen-bond acceptors (Lipinski definition) is 8. The Balaban J connectivity index is 1.90. The summed E-state index contributed by atoms with van der Waals surface area (Å²) in [5.41, 5.74) is 1.07. The Morgan fingerprint density at radius 1 is 0.600 bits per heavy atom. The third-order valence-corrected chi connectivity index (χ3v) is 7.49. The molecule has 0 spiro atoms. The molecule has 8 nitrogen and oxygen atoms in total. The van der Waals surface area contributed by atoms with Gasteiger partial charge in [0.25, 0.3) is 0 Å². The third kappa shape index (κ3) is 11.5. The van der Waals surface area contributed by atoms with Gasteiger partial charge < -0.3 is 28.4 Å². The molecule has 0 aromatic heterocycles. The van der Waals surface area contributed by atoms with Crippen molar-refractivity contribution >= 4 is 33.5 Å². The first-order chi connectivity index (χ1) is 21.9. The normalized spacial score (nSPS) is 12.6. The lowest BCUT2D eigenvalue weighted by Crippen LogP contribution is -2.30. The molecule has 0 aliphatic heterocycles. The first kappa shape index (κ1) is 36.1. The molecule has 3 aromatic rings. The average molecular weight is 625 g/mol. The van der Waals surface area contributed by atoms with Gasteiger partial charge in [-0.05, 0) is 39.7 Å². The van der Waals surface area contributed by atoms with Crippen LogP contribution in [0.25, 0.3) is 21.5 Å². The number of fused-ring (bicyclic) bond motifs is 2. The van der Waals surface area contributed by atoms with Gasteiger partial charge in [0.1, 0.15) is 24.7 Å².